The molecule has 2 N–H and O–H groups in total. The van der Waals surface area contributed by atoms with Gasteiger partial charge in [-0.2, -0.15) is 0 Å². The standard InChI is InChI=1S/C17H33N5O/c1-2-9-20(10-3-1)16-17(19-8-15-23-16,21-11-4-5-12-21)22-13-6-18-7-14-22/h16,18-19H,1-15H2. The van der Waals surface area contributed by atoms with E-state index in [9.17, 15) is 0 Å². The first kappa shape index (κ1) is 16.2. The summed E-state index contributed by atoms with van der Waals surface area (Å²) in [5.41, 5.74) is 0. The van der Waals surface area contributed by atoms with E-state index in [1.54, 1.807) is 0 Å². The number of nitrogens with one attached hydrogen (secondary N) is 2. The molecule has 4 heterocycles. The van der Waals surface area contributed by atoms with E-state index in [0.717, 1.165) is 39.3 Å². The summed E-state index contributed by atoms with van der Waals surface area (Å²) < 4.78 is 6.46. The zero-order valence-corrected chi connectivity index (χ0v) is 14.4. The molecule has 4 rings (SSSR count). The fourth-order valence-corrected chi connectivity index (χ4v) is 4.92. The summed E-state index contributed by atoms with van der Waals surface area (Å²) in [5, 5.41) is 7.46. The molecule has 4 fully saturated rings. The van der Waals surface area contributed by atoms with Crippen LogP contribution in [0, 0.1) is 0 Å². The van der Waals surface area contributed by atoms with E-state index in [4.69, 9.17) is 4.74 Å². The first-order valence-corrected chi connectivity index (χ1v) is 9.73. The summed E-state index contributed by atoms with van der Waals surface area (Å²) >= 11 is 0. The number of nitrogens with zero attached hydrogens (tertiary/aromatic N) is 3. The molecule has 0 aliphatic carbocycles. The van der Waals surface area contributed by atoms with Gasteiger partial charge in [-0.05, 0) is 25.7 Å². The van der Waals surface area contributed by atoms with E-state index < -0.39 is 0 Å². The number of rotatable bonds is 3. The number of hydrogen-bond donors (Lipinski definition) is 2. The highest BCUT2D eigenvalue weighted by molar-refractivity contribution is 5.00. The van der Waals surface area contributed by atoms with Gasteiger partial charge in [0.25, 0.3) is 0 Å². The number of morpholine rings is 1. The van der Waals surface area contributed by atoms with E-state index in [1.165, 1.54) is 58.3 Å². The smallest absolute Gasteiger partial charge is 0.170 e. The maximum absolute atomic E-state index is 6.46. The molecule has 6 nitrogen and oxygen atoms in total. The van der Waals surface area contributed by atoms with Gasteiger partial charge in [-0.1, -0.05) is 6.42 Å². The van der Waals surface area contributed by atoms with Crippen LogP contribution in [0.2, 0.25) is 0 Å². The Morgan fingerprint density at radius 2 is 1.39 bits per heavy atom. The molecule has 0 amide bonds. The first-order chi connectivity index (χ1) is 11.4. The highest BCUT2D eigenvalue weighted by Crippen LogP contribution is 2.33. The number of hydrogen-bond acceptors (Lipinski definition) is 6. The van der Waals surface area contributed by atoms with Crippen molar-refractivity contribution >= 4 is 0 Å². The maximum atomic E-state index is 6.46. The van der Waals surface area contributed by atoms with Crippen LogP contribution in [0.4, 0.5) is 0 Å². The summed E-state index contributed by atoms with van der Waals surface area (Å²) in [5.74, 6) is -0.117. The molecule has 0 aromatic heterocycles. The van der Waals surface area contributed by atoms with E-state index in [1.807, 2.05) is 0 Å². The SMILES string of the molecule is C1CCN(C2OCCNC2(N2CCCC2)N2CCNCC2)CC1. The van der Waals surface area contributed by atoms with Gasteiger partial charge in [0.15, 0.2) is 12.0 Å². The van der Waals surface area contributed by atoms with Crippen molar-refractivity contribution in [1.82, 2.24) is 25.3 Å². The van der Waals surface area contributed by atoms with E-state index >= 15 is 0 Å². The van der Waals surface area contributed by atoms with Gasteiger partial charge in [0, 0.05) is 58.9 Å². The van der Waals surface area contributed by atoms with Crippen LogP contribution in [0.15, 0.2) is 0 Å². The Morgan fingerprint density at radius 1 is 0.739 bits per heavy atom. The molecule has 4 saturated heterocycles. The Balaban J connectivity index is 1.64. The normalized spacial score (nSPS) is 38.9. The lowest BCUT2D eigenvalue weighted by Gasteiger charge is -2.59. The Hall–Kier alpha value is -0.240. The molecular weight excluding hydrogens is 290 g/mol. The second-order valence-electron chi connectivity index (χ2n) is 7.40. The van der Waals surface area contributed by atoms with Gasteiger partial charge in [0.05, 0.1) is 6.61 Å². The summed E-state index contributed by atoms with van der Waals surface area (Å²) in [6.07, 6.45) is 6.83. The quantitative estimate of drug-likeness (QED) is 0.766. The minimum Gasteiger partial charge on any atom is -0.357 e. The van der Waals surface area contributed by atoms with E-state index in [0.29, 0.717) is 0 Å². The van der Waals surface area contributed by atoms with Crippen LogP contribution in [0.5, 0.6) is 0 Å². The zero-order valence-electron chi connectivity index (χ0n) is 14.4. The van der Waals surface area contributed by atoms with Crippen LogP contribution in [-0.2, 0) is 4.74 Å². The number of piperazine rings is 1. The zero-order chi connectivity index (χ0) is 15.5. The molecule has 0 radical (unpaired) electrons. The Labute approximate surface area is 140 Å². The van der Waals surface area contributed by atoms with Crippen LogP contribution < -0.4 is 10.6 Å². The minimum absolute atomic E-state index is 0.117. The van der Waals surface area contributed by atoms with Crippen LogP contribution in [0.1, 0.15) is 32.1 Å². The largest absolute Gasteiger partial charge is 0.357 e. The average Bonchev–Trinajstić information content (AvgIpc) is 3.18. The summed E-state index contributed by atoms with van der Waals surface area (Å²) in [6, 6.07) is 0. The van der Waals surface area contributed by atoms with Gasteiger partial charge in [-0.25, -0.2) is 0 Å². The van der Waals surface area contributed by atoms with Crippen molar-refractivity contribution in [1.29, 1.82) is 0 Å². The number of piperidine rings is 1. The van der Waals surface area contributed by atoms with Crippen molar-refractivity contribution in [3.05, 3.63) is 0 Å². The lowest BCUT2D eigenvalue weighted by atomic mass is 10.0. The van der Waals surface area contributed by atoms with Crippen molar-refractivity contribution in [2.45, 2.75) is 44.1 Å². The molecule has 132 valence electrons. The van der Waals surface area contributed by atoms with Gasteiger partial charge in [-0.3, -0.25) is 20.0 Å². The molecule has 23 heavy (non-hydrogen) atoms. The third kappa shape index (κ3) is 3.05. The third-order valence-corrected chi connectivity index (χ3v) is 6.02. The van der Waals surface area contributed by atoms with Crippen LogP contribution >= 0.6 is 0 Å². The predicted octanol–water partition coefficient (Wildman–Crippen LogP) is 0.0730. The lowest BCUT2D eigenvalue weighted by molar-refractivity contribution is -0.247. The van der Waals surface area contributed by atoms with Crippen LogP contribution in [0.25, 0.3) is 0 Å². The molecule has 0 spiro atoms. The van der Waals surface area contributed by atoms with Crippen molar-refractivity contribution < 1.29 is 4.74 Å². The monoisotopic (exact) mass is 323 g/mol. The third-order valence-electron chi connectivity index (χ3n) is 6.02. The molecule has 4 aliphatic heterocycles. The molecule has 6 heteroatoms. The Morgan fingerprint density at radius 3 is 2.13 bits per heavy atom. The van der Waals surface area contributed by atoms with Gasteiger partial charge in [0.2, 0.25) is 0 Å². The van der Waals surface area contributed by atoms with Crippen LogP contribution in [-0.4, -0.2) is 92.2 Å². The fraction of sp³-hybridized carbons (Fsp3) is 1.00. The van der Waals surface area contributed by atoms with Crippen molar-refractivity contribution in [2.75, 3.05) is 65.5 Å². The Bertz CT molecular complexity index is 377. The maximum Gasteiger partial charge on any atom is 0.170 e. The van der Waals surface area contributed by atoms with Crippen LogP contribution in [0.3, 0.4) is 0 Å². The van der Waals surface area contributed by atoms with E-state index in [-0.39, 0.29) is 12.0 Å². The number of likely N-dealkylation sites (tertiary alicyclic amines) is 2. The van der Waals surface area contributed by atoms with E-state index in [2.05, 4.69) is 25.3 Å². The number of ether oxygens (including phenoxy) is 1. The molecule has 2 unspecified atom stereocenters. The van der Waals surface area contributed by atoms with Gasteiger partial charge in [0.1, 0.15) is 0 Å². The fourth-order valence-electron chi connectivity index (χ4n) is 4.92. The Kier molecular flexibility index (Phi) is 5.18. The van der Waals surface area contributed by atoms with Crippen molar-refractivity contribution in [3.8, 4) is 0 Å². The topological polar surface area (TPSA) is 43.0 Å². The van der Waals surface area contributed by atoms with Gasteiger partial charge >= 0.3 is 0 Å². The molecule has 0 aromatic rings. The van der Waals surface area contributed by atoms with Gasteiger partial charge in [-0.15, -0.1) is 0 Å². The van der Waals surface area contributed by atoms with Crippen molar-refractivity contribution in [3.63, 3.8) is 0 Å². The summed E-state index contributed by atoms with van der Waals surface area (Å²) in [4.78, 5) is 7.99. The summed E-state index contributed by atoms with van der Waals surface area (Å²) in [6.45, 7) is 11.0. The summed E-state index contributed by atoms with van der Waals surface area (Å²) in [7, 11) is 0. The molecular formula is C17H33N5O. The second-order valence-corrected chi connectivity index (χ2v) is 7.40. The molecule has 4 aliphatic rings. The molecule has 2 atom stereocenters. The molecule has 0 bridgehead atoms. The molecule has 0 aromatic carbocycles. The predicted molar refractivity (Wildman–Crippen MR) is 91.1 cm³/mol. The second kappa shape index (κ2) is 7.33. The van der Waals surface area contributed by atoms with Crippen molar-refractivity contribution in [2.24, 2.45) is 0 Å². The first-order valence-electron chi connectivity index (χ1n) is 9.73. The lowest BCUT2D eigenvalue weighted by Crippen LogP contribution is -2.81. The molecule has 0 saturated carbocycles. The highest BCUT2D eigenvalue weighted by atomic mass is 16.5. The average molecular weight is 323 g/mol. The highest BCUT2D eigenvalue weighted by Gasteiger charge is 2.53. The minimum atomic E-state index is -0.117. The van der Waals surface area contributed by atoms with Gasteiger partial charge < -0.3 is 10.1 Å².